The van der Waals surface area contributed by atoms with Crippen LogP contribution in [0.4, 0.5) is 17.1 Å². The SMILES string of the molecule is c1ccc(N2c3ccccc3C3(c4cc5c(cc4-c4cc6c7ccccc7n(-c7ccccc7)c6cc43)c3ccccc3n5-c3ccccc3)c3ccccc32)cc1. The van der Waals surface area contributed by atoms with Crippen LogP contribution >= 0.6 is 0 Å². The molecule has 0 bridgehead atoms. The van der Waals surface area contributed by atoms with Gasteiger partial charge in [0.05, 0.1) is 38.9 Å². The van der Waals surface area contributed by atoms with Gasteiger partial charge in [-0.2, -0.15) is 0 Å². The second-order valence-electron chi connectivity index (χ2n) is 15.7. The second kappa shape index (κ2) is 11.7. The maximum absolute atomic E-state index is 2.54. The van der Waals surface area contributed by atoms with Crippen molar-refractivity contribution in [1.29, 1.82) is 0 Å². The zero-order valence-corrected chi connectivity index (χ0v) is 31.5. The van der Waals surface area contributed by atoms with Crippen LogP contribution in [0.5, 0.6) is 0 Å². The van der Waals surface area contributed by atoms with Crippen molar-refractivity contribution in [3.63, 3.8) is 0 Å². The topological polar surface area (TPSA) is 13.1 Å². The van der Waals surface area contributed by atoms with Crippen LogP contribution in [0.2, 0.25) is 0 Å². The molecule has 270 valence electrons. The Morgan fingerprint density at radius 2 is 0.655 bits per heavy atom. The Kier molecular flexibility index (Phi) is 6.37. The molecule has 3 heteroatoms. The van der Waals surface area contributed by atoms with Gasteiger partial charge in [0, 0.05) is 38.6 Å². The summed E-state index contributed by atoms with van der Waals surface area (Å²) in [5, 5.41) is 5.04. The Balaban J connectivity index is 1.24. The molecule has 0 saturated carbocycles. The zero-order valence-electron chi connectivity index (χ0n) is 31.5. The predicted octanol–water partition coefficient (Wildman–Crippen LogP) is 14.0. The number of anilines is 3. The average Bonchev–Trinajstić information content (AvgIpc) is 3.89. The second-order valence-corrected chi connectivity index (χ2v) is 15.7. The van der Waals surface area contributed by atoms with Gasteiger partial charge in [0.1, 0.15) is 0 Å². The third kappa shape index (κ3) is 4.02. The summed E-state index contributed by atoms with van der Waals surface area (Å²) in [7, 11) is 0. The molecule has 1 aliphatic carbocycles. The molecule has 58 heavy (non-hydrogen) atoms. The first-order chi connectivity index (χ1) is 28.8. The van der Waals surface area contributed by atoms with Crippen molar-refractivity contribution in [3.8, 4) is 22.5 Å². The van der Waals surface area contributed by atoms with Gasteiger partial charge in [-0.1, -0.05) is 127 Å². The van der Waals surface area contributed by atoms with Crippen molar-refractivity contribution in [2.24, 2.45) is 0 Å². The molecule has 13 rings (SSSR count). The Hall–Kier alpha value is -7.62. The van der Waals surface area contributed by atoms with E-state index in [0.29, 0.717) is 0 Å². The van der Waals surface area contributed by atoms with E-state index in [1.165, 1.54) is 88.4 Å². The molecule has 0 amide bonds. The highest BCUT2D eigenvalue weighted by Gasteiger charge is 2.52. The molecule has 2 aromatic heterocycles. The summed E-state index contributed by atoms with van der Waals surface area (Å²) >= 11 is 0. The van der Waals surface area contributed by atoms with Gasteiger partial charge in [-0.05, 0) is 118 Å². The minimum atomic E-state index is -0.624. The van der Waals surface area contributed by atoms with Gasteiger partial charge in [-0.3, -0.25) is 0 Å². The fraction of sp³-hybridized carbons (Fsp3) is 0.0182. The number of hydrogen-bond acceptors (Lipinski definition) is 1. The first kappa shape index (κ1) is 31.6. The van der Waals surface area contributed by atoms with Crippen molar-refractivity contribution < 1.29 is 0 Å². The van der Waals surface area contributed by atoms with Gasteiger partial charge < -0.3 is 14.0 Å². The smallest absolute Gasteiger partial charge is 0.0755 e. The molecule has 3 nitrogen and oxygen atoms in total. The number of benzene rings is 9. The number of rotatable bonds is 3. The van der Waals surface area contributed by atoms with Gasteiger partial charge in [0.25, 0.3) is 0 Å². The minimum absolute atomic E-state index is 0.624. The van der Waals surface area contributed by atoms with Crippen molar-refractivity contribution in [2.45, 2.75) is 5.41 Å². The van der Waals surface area contributed by atoms with Crippen LogP contribution in [-0.2, 0) is 5.41 Å². The Morgan fingerprint density at radius 3 is 1.12 bits per heavy atom. The van der Waals surface area contributed by atoms with E-state index in [-0.39, 0.29) is 0 Å². The number of para-hydroxylation sites is 7. The first-order valence-electron chi connectivity index (χ1n) is 20.1. The van der Waals surface area contributed by atoms with Crippen molar-refractivity contribution >= 4 is 60.7 Å². The van der Waals surface area contributed by atoms with E-state index < -0.39 is 5.41 Å². The summed E-state index contributed by atoms with van der Waals surface area (Å²) in [6.45, 7) is 0. The molecule has 1 aliphatic heterocycles. The van der Waals surface area contributed by atoms with Crippen LogP contribution in [0.3, 0.4) is 0 Å². The maximum atomic E-state index is 2.54. The highest BCUT2D eigenvalue weighted by atomic mass is 15.2. The standard InChI is InChI=1S/C55H35N3/c1-4-18-36(19-5-1)56-49-28-14-10-24-39(49)43-32-41-42-33-44-40-25-11-15-29-50(40)57(37-20-6-2-7-21-37)54(44)35-48(42)55(47(41)34-53(43)56)45-26-12-16-30-51(45)58(38-22-8-3-9-23-38)52-31-17-13-27-46(52)55/h1-35H. The summed E-state index contributed by atoms with van der Waals surface area (Å²) in [4.78, 5) is 2.46. The lowest BCUT2D eigenvalue weighted by atomic mass is 9.64. The van der Waals surface area contributed by atoms with E-state index in [2.05, 4.69) is 226 Å². The summed E-state index contributed by atoms with van der Waals surface area (Å²) in [6, 6.07) is 78.7. The van der Waals surface area contributed by atoms with Gasteiger partial charge in [-0.15, -0.1) is 0 Å². The molecular weight excluding hydrogens is 703 g/mol. The van der Waals surface area contributed by atoms with Crippen LogP contribution in [0.15, 0.2) is 212 Å². The summed E-state index contributed by atoms with van der Waals surface area (Å²) in [5.74, 6) is 0. The van der Waals surface area contributed by atoms with E-state index in [9.17, 15) is 0 Å². The van der Waals surface area contributed by atoms with Crippen LogP contribution in [0.1, 0.15) is 22.3 Å². The molecule has 11 aromatic rings. The molecule has 0 atom stereocenters. The van der Waals surface area contributed by atoms with Crippen LogP contribution in [0.25, 0.3) is 66.1 Å². The Bertz CT molecular complexity index is 3230. The fourth-order valence-corrected chi connectivity index (χ4v) is 10.6. The van der Waals surface area contributed by atoms with Crippen molar-refractivity contribution in [1.82, 2.24) is 9.13 Å². The highest BCUT2D eigenvalue weighted by Crippen LogP contribution is 2.64. The lowest BCUT2D eigenvalue weighted by molar-refractivity contribution is 0.754. The normalized spacial score (nSPS) is 13.6. The van der Waals surface area contributed by atoms with E-state index in [1.54, 1.807) is 0 Å². The van der Waals surface area contributed by atoms with E-state index in [0.717, 1.165) is 17.1 Å². The van der Waals surface area contributed by atoms with Crippen molar-refractivity contribution in [3.05, 3.63) is 235 Å². The quantitative estimate of drug-likeness (QED) is 0.176. The molecule has 1 spiro atoms. The largest absolute Gasteiger partial charge is 0.310 e. The number of fused-ring (bicyclic) bond motifs is 15. The molecular formula is C55H35N3. The van der Waals surface area contributed by atoms with Gasteiger partial charge in [0.15, 0.2) is 0 Å². The van der Waals surface area contributed by atoms with Gasteiger partial charge >= 0.3 is 0 Å². The van der Waals surface area contributed by atoms with Crippen LogP contribution in [0, 0.1) is 0 Å². The Labute approximate surface area is 335 Å². The molecule has 0 N–H and O–H groups in total. The maximum Gasteiger partial charge on any atom is 0.0755 e. The average molecular weight is 738 g/mol. The molecule has 0 unspecified atom stereocenters. The highest BCUT2D eigenvalue weighted by molar-refractivity contribution is 6.15. The molecule has 9 aromatic carbocycles. The zero-order chi connectivity index (χ0) is 38.0. The Morgan fingerprint density at radius 1 is 0.276 bits per heavy atom. The monoisotopic (exact) mass is 737 g/mol. The number of hydrogen-bond donors (Lipinski definition) is 0. The number of nitrogens with zero attached hydrogens (tertiary/aromatic N) is 3. The van der Waals surface area contributed by atoms with E-state index >= 15 is 0 Å². The first-order valence-corrected chi connectivity index (χ1v) is 20.1. The molecule has 3 heterocycles. The fourth-order valence-electron chi connectivity index (χ4n) is 10.6. The predicted molar refractivity (Wildman–Crippen MR) is 241 cm³/mol. The van der Waals surface area contributed by atoms with Crippen molar-refractivity contribution in [2.75, 3.05) is 4.90 Å². The number of aromatic nitrogens is 2. The molecule has 2 aliphatic rings. The van der Waals surface area contributed by atoms with Crippen LogP contribution in [-0.4, -0.2) is 9.13 Å². The molecule has 0 radical (unpaired) electrons. The summed E-state index contributed by atoms with van der Waals surface area (Å²) < 4.78 is 4.93. The van der Waals surface area contributed by atoms with Gasteiger partial charge in [0.2, 0.25) is 0 Å². The van der Waals surface area contributed by atoms with E-state index in [1.807, 2.05) is 0 Å². The van der Waals surface area contributed by atoms with E-state index in [4.69, 9.17) is 0 Å². The molecule has 0 saturated heterocycles. The summed E-state index contributed by atoms with van der Waals surface area (Å²) in [6.07, 6.45) is 0. The van der Waals surface area contributed by atoms with Gasteiger partial charge in [-0.25, -0.2) is 0 Å². The summed E-state index contributed by atoms with van der Waals surface area (Å²) in [5.41, 5.74) is 17.8. The lowest BCUT2D eigenvalue weighted by Gasteiger charge is -2.45. The minimum Gasteiger partial charge on any atom is -0.310 e. The van der Waals surface area contributed by atoms with Crippen LogP contribution < -0.4 is 4.90 Å². The lowest BCUT2D eigenvalue weighted by Crippen LogP contribution is -2.36. The molecule has 0 fully saturated rings. The third-order valence-electron chi connectivity index (χ3n) is 12.9. The third-order valence-corrected chi connectivity index (χ3v) is 12.9.